The molecule has 3 nitrogen and oxygen atoms in total. The van der Waals surface area contributed by atoms with Crippen LogP contribution < -0.4 is 5.32 Å². The molecule has 0 saturated heterocycles. The number of likely N-dealkylation sites (N-methyl/N-ethyl adjacent to an activating group) is 1. The van der Waals surface area contributed by atoms with E-state index in [0.29, 0.717) is 0 Å². The van der Waals surface area contributed by atoms with Gasteiger partial charge in [0.15, 0.2) is 0 Å². The zero-order valence-electron chi connectivity index (χ0n) is 8.12. The summed E-state index contributed by atoms with van der Waals surface area (Å²) in [5, 5.41) is 11.4. The molecule has 0 radical (unpaired) electrons. The highest BCUT2D eigenvalue weighted by atomic mass is 16.3. The zero-order chi connectivity index (χ0) is 10.1. The second kappa shape index (κ2) is 7.31. The fourth-order valence-electron chi connectivity index (χ4n) is 0.634. The molecule has 0 aromatic rings. The SMILES string of the molecule is C=C(C)/C=C\C(=C\C=NCO)NC. The maximum atomic E-state index is 8.39. The van der Waals surface area contributed by atoms with Gasteiger partial charge < -0.3 is 10.4 Å². The summed E-state index contributed by atoms with van der Waals surface area (Å²) in [4.78, 5) is 3.64. The molecule has 0 aliphatic rings. The van der Waals surface area contributed by atoms with Crippen LogP contribution in [0.25, 0.3) is 0 Å². The maximum absolute atomic E-state index is 8.39. The van der Waals surface area contributed by atoms with Crippen molar-refractivity contribution >= 4 is 6.21 Å². The van der Waals surface area contributed by atoms with Crippen LogP contribution in [0.4, 0.5) is 0 Å². The van der Waals surface area contributed by atoms with Gasteiger partial charge in [-0.25, -0.2) is 0 Å². The molecule has 0 rings (SSSR count). The molecule has 0 aliphatic carbocycles. The summed E-state index contributed by atoms with van der Waals surface area (Å²) in [6, 6.07) is 0. The number of rotatable bonds is 5. The molecular formula is C10H16N2O. The summed E-state index contributed by atoms with van der Waals surface area (Å²) in [5.41, 5.74) is 1.90. The van der Waals surface area contributed by atoms with E-state index in [2.05, 4.69) is 16.9 Å². The fourth-order valence-corrected chi connectivity index (χ4v) is 0.634. The van der Waals surface area contributed by atoms with Gasteiger partial charge in [-0.15, -0.1) is 0 Å². The smallest absolute Gasteiger partial charge is 0.134 e. The zero-order valence-corrected chi connectivity index (χ0v) is 8.12. The number of aliphatic hydroxyl groups is 1. The Morgan fingerprint density at radius 3 is 2.69 bits per heavy atom. The fraction of sp³-hybridized carbons (Fsp3) is 0.300. The van der Waals surface area contributed by atoms with Crippen molar-refractivity contribution in [3.05, 3.63) is 36.1 Å². The molecule has 0 aromatic heterocycles. The molecule has 0 bridgehead atoms. The summed E-state index contributed by atoms with van der Waals surface area (Å²) < 4.78 is 0. The molecule has 0 aliphatic heterocycles. The number of nitrogens with zero attached hydrogens (tertiary/aromatic N) is 1. The summed E-state index contributed by atoms with van der Waals surface area (Å²) in [7, 11) is 1.82. The van der Waals surface area contributed by atoms with Crippen LogP contribution in [-0.2, 0) is 0 Å². The second-order valence-corrected chi connectivity index (χ2v) is 2.52. The van der Waals surface area contributed by atoms with E-state index in [4.69, 9.17) is 5.11 Å². The number of aliphatic hydroxyl groups excluding tert-OH is 1. The van der Waals surface area contributed by atoms with Crippen molar-refractivity contribution in [3.8, 4) is 0 Å². The van der Waals surface area contributed by atoms with Gasteiger partial charge in [-0.3, -0.25) is 4.99 Å². The van der Waals surface area contributed by atoms with E-state index in [-0.39, 0.29) is 6.73 Å². The van der Waals surface area contributed by atoms with Gasteiger partial charge in [-0.2, -0.15) is 0 Å². The monoisotopic (exact) mass is 180 g/mol. The van der Waals surface area contributed by atoms with E-state index in [1.807, 2.05) is 26.1 Å². The molecular weight excluding hydrogens is 164 g/mol. The number of allylic oxidation sites excluding steroid dienone is 4. The summed E-state index contributed by atoms with van der Waals surface area (Å²) in [6.07, 6.45) is 7.12. The predicted octanol–water partition coefficient (Wildman–Crippen LogP) is 1.24. The van der Waals surface area contributed by atoms with Gasteiger partial charge >= 0.3 is 0 Å². The maximum Gasteiger partial charge on any atom is 0.134 e. The summed E-state index contributed by atoms with van der Waals surface area (Å²) in [6.45, 7) is 5.48. The second-order valence-electron chi connectivity index (χ2n) is 2.52. The molecule has 72 valence electrons. The Hall–Kier alpha value is -1.35. The molecule has 0 unspecified atom stereocenters. The van der Waals surface area contributed by atoms with E-state index in [1.54, 1.807) is 12.3 Å². The van der Waals surface area contributed by atoms with E-state index >= 15 is 0 Å². The molecule has 0 spiro atoms. The highest BCUT2D eigenvalue weighted by molar-refractivity contribution is 5.72. The Labute approximate surface area is 79.2 Å². The number of aliphatic imine (C=N–C) groups is 1. The number of hydrogen-bond donors (Lipinski definition) is 2. The van der Waals surface area contributed by atoms with Crippen molar-refractivity contribution in [2.24, 2.45) is 4.99 Å². The average Bonchev–Trinajstić information content (AvgIpc) is 2.10. The van der Waals surface area contributed by atoms with Crippen LogP contribution in [-0.4, -0.2) is 25.1 Å². The third-order valence-corrected chi connectivity index (χ3v) is 1.28. The van der Waals surface area contributed by atoms with E-state index < -0.39 is 0 Å². The van der Waals surface area contributed by atoms with Crippen LogP contribution in [0, 0.1) is 0 Å². The minimum Gasteiger partial charge on any atom is -0.388 e. The van der Waals surface area contributed by atoms with Crippen molar-refractivity contribution in [2.75, 3.05) is 13.8 Å². The van der Waals surface area contributed by atoms with Gasteiger partial charge in [0.05, 0.1) is 0 Å². The minimum absolute atomic E-state index is 0.183. The standard InChI is InChI=1S/C10H16N2O/c1-9(2)4-5-10(11-3)6-7-12-8-13/h4-7,11,13H,1,8H2,2-3H3/b5-4-,10-6-,12-7?. The lowest BCUT2D eigenvalue weighted by molar-refractivity contribution is 0.310. The third-order valence-electron chi connectivity index (χ3n) is 1.28. The first-order valence-corrected chi connectivity index (χ1v) is 4.03. The van der Waals surface area contributed by atoms with Crippen molar-refractivity contribution in [1.82, 2.24) is 5.32 Å². The molecule has 0 amide bonds. The quantitative estimate of drug-likeness (QED) is 0.494. The van der Waals surface area contributed by atoms with E-state index in [9.17, 15) is 0 Å². The molecule has 2 N–H and O–H groups in total. The predicted molar refractivity (Wildman–Crippen MR) is 56.7 cm³/mol. The molecule has 0 atom stereocenters. The van der Waals surface area contributed by atoms with Gasteiger partial charge in [0.2, 0.25) is 0 Å². The Bertz CT molecular complexity index is 239. The van der Waals surface area contributed by atoms with Gasteiger partial charge in [0, 0.05) is 19.0 Å². The molecule has 0 heterocycles. The molecule has 13 heavy (non-hydrogen) atoms. The summed E-state index contributed by atoms with van der Waals surface area (Å²) >= 11 is 0. The lowest BCUT2D eigenvalue weighted by Gasteiger charge is -1.97. The first-order valence-electron chi connectivity index (χ1n) is 4.03. The normalized spacial score (nSPS) is 12.7. The Balaban J connectivity index is 4.24. The van der Waals surface area contributed by atoms with Crippen molar-refractivity contribution in [2.45, 2.75) is 6.92 Å². The molecule has 0 aromatic carbocycles. The topological polar surface area (TPSA) is 44.6 Å². The van der Waals surface area contributed by atoms with Crippen molar-refractivity contribution in [1.29, 1.82) is 0 Å². The lowest BCUT2D eigenvalue weighted by atomic mass is 10.3. The van der Waals surface area contributed by atoms with Crippen LogP contribution in [0.2, 0.25) is 0 Å². The van der Waals surface area contributed by atoms with Gasteiger partial charge in [0.25, 0.3) is 0 Å². The summed E-state index contributed by atoms with van der Waals surface area (Å²) in [5.74, 6) is 0. The molecule has 0 fully saturated rings. The Morgan fingerprint density at radius 2 is 2.23 bits per heavy atom. The van der Waals surface area contributed by atoms with Crippen LogP contribution >= 0.6 is 0 Å². The van der Waals surface area contributed by atoms with Gasteiger partial charge in [-0.1, -0.05) is 18.2 Å². The van der Waals surface area contributed by atoms with Gasteiger partial charge in [0.1, 0.15) is 6.73 Å². The number of nitrogens with one attached hydrogen (secondary N) is 1. The van der Waals surface area contributed by atoms with Crippen molar-refractivity contribution in [3.63, 3.8) is 0 Å². The highest BCUT2D eigenvalue weighted by Crippen LogP contribution is 1.94. The first-order chi connectivity index (χ1) is 6.20. The van der Waals surface area contributed by atoms with Gasteiger partial charge in [-0.05, 0) is 19.1 Å². The van der Waals surface area contributed by atoms with Crippen molar-refractivity contribution < 1.29 is 5.11 Å². The van der Waals surface area contributed by atoms with Crippen LogP contribution in [0.3, 0.4) is 0 Å². The van der Waals surface area contributed by atoms with Crippen LogP contribution in [0.5, 0.6) is 0 Å². The molecule has 3 heteroatoms. The number of hydrogen-bond acceptors (Lipinski definition) is 3. The largest absolute Gasteiger partial charge is 0.388 e. The first kappa shape index (κ1) is 11.6. The van der Waals surface area contributed by atoms with Crippen LogP contribution in [0.15, 0.2) is 41.1 Å². The van der Waals surface area contributed by atoms with Crippen LogP contribution in [0.1, 0.15) is 6.92 Å². The molecule has 0 saturated carbocycles. The minimum atomic E-state index is -0.183. The Kier molecular flexibility index (Phi) is 6.55. The van der Waals surface area contributed by atoms with E-state index in [1.165, 1.54) is 0 Å². The highest BCUT2D eigenvalue weighted by Gasteiger charge is 1.83. The average molecular weight is 180 g/mol. The third kappa shape index (κ3) is 7.03. The van der Waals surface area contributed by atoms with E-state index in [0.717, 1.165) is 11.3 Å². The lowest BCUT2D eigenvalue weighted by Crippen LogP contribution is -2.03. The Morgan fingerprint density at radius 1 is 1.54 bits per heavy atom.